The summed E-state index contributed by atoms with van der Waals surface area (Å²) in [5.41, 5.74) is 1.59. The Hall–Kier alpha value is -5.05. The maximum Gasteiger partial charge on any atom is 0.337 e. The number of aliphatic hydroxyl groups excluding tert-OH is 1. The summed E-state index contributed by atoms with van der Waals surface area (Å²) in [5, 5.41) is 21.7. The number of amides is 1. The van der Waals surface area contributed by atoms with Crippen molar-refractivity contribution in [3.05, 3.63) is 107 Å². The molecule has 192 valence electrons. The quantitative estimate of drug-likeness (QED) is 0.269. The van der Waals surface area contributed by atoms with Gasteiger partial charge in [-0.15, -0.1) is 0 Å². The zero-order valence-electron chi connectivity index (χ0n) is 20.5. The van der Waals surface area contributed by atoms with Gasteiger partial charge in [0.05, 0.1) is 31.4 Å². The summed E-state index contributed by atoms with van der Waals surface area (Å²) in [7, 11) is 2.76. The predicted octanol–water partition coefficient (Wildman–Crippen LogP) is 4.71. The fraction of sp³-hybridized carbons (Fsp3) is 0.138. The van der Waals surface area contributed by atoms with E-state index in [0.29, 0.717) is 33.4 Å². The maximum absolute atomic E-state index is 13.7. The van der Waals surface area contributed by atoms with Gasteiger partial charge in [-0.3, -0.25) is 9.59 Å². The molecule has 1 amide bonds. The van der Waals surface area contributed by atoms with Crippen LogP contribution in [0.4, 0.5) is 0 Å². The first-order valence-corrected chi connectivity index (χ1v) is 11.6. The van der Waals surface area contributed by atoms with E-state index in [1.165, 1.54) is 37.3 Å². The lowest BCUT2D eigenvalue weighted by molar-refractivity contribution is -0.130. The summed E-state index contributed by atoms with van der Waals surface area (Å²) in [6.07, 6.45) is 0. The summed E-state index contributed by atoms with van der Waals surface area (Å²) < 4.78 is 15.9. The fourth-order valence-electron chi connectivity index (χ4n) is 4.59. The number of aromatic hydroxyl groups is 1. The Morgan fingerprint density at radius 3 is 2.39 bits per heavy atom. The second kappa shape index (κ2) is 9.78. The molecule has 38 heavy (non-hydrogen) atoms. The average Bonchev–Trinajstić information content (AvgIpc) is 3.48. The number of methoxy groups -OCH3 is 2. The molecule has 0 bridgehead atoms. The number of nitrogens with zero attached hydrogens (tertiary/aromatic N) is 1. The molecule has 0 saturated carbocycles. The third-order valence-corrected chi connectivity index (χ3v) is 6.41. The summed E-state index contributed by atoms with van der Waals surface area (Å²) in [5.74, 6) is -2.34. The molecule has 0 radical (unpaired) electrons. The lowest BCUT2D eigenvalue weighted by Crippen LogP contribution is -2.30. The van der Waals surface area contributed by atoms with Crippen molar-refractivity contribution in [3.8, 4) is 11.5 Å². The van der Waals surface area contributed by atoms with Gasteiger partial charge in [-0.2, -0.15) is 0 Å². The molecule has 0 aliphatic carbocycles. The number of fused-ring (bicyclic) bond motifs is 1. The minimum atomic E-state index is -1.02. The second-order valence-electron chi connectivity index (χ2n) is 8.70. The Morgan fingerprint density at radius 2 is 1.71 bits per heavy atom. The Morgan fingerprint density at radius 1 is 0.974 bits per heavy atom. The minimum absolute atomic E-state index is 0.00933. The molecule has 1 aromatic heterocycles. The summed E-state index contributed by atoms with van der Waals surface area (Å²) >= 11 is 0. The van der Waals surface area contributed by atoms with Gasteiger partial charge in [-0.05, 0) is 47.5 Å². The topological polar surface area (TPSA) is 127 Å². The van der Waals surface area contributed by atoms with E-state index in [1.807, 2.05) is 0 Å². The highest BCUT2D eigenvalue weighted by atomic mass is 16.5. The molecule has 5 rings (SSSR count). The Balaban J connectivity index is 1.56. The molecule has 3 aromatic carbocycles. The average molecular weight is 514 g/mol. The van der Waals surface area contributed by atoms with Gasteiger partial charge in [0, 0.05) is 11.9 Å². The lowest BCUT2D eigenvalue weighted by Gasteiger charge is -2.27. The highest BCUT2D eigenvalue weighted by Crippen LogP contribution is 2.41. The summed E-state index contributed by atoms with van der Waals surface area (Å²) in [6.45, 7) is 0.00933. The molecule has 0 fully saturated rings. The SMILES string of the molecule is COC(=O)c1ccc(CN2C(=O)C(O)=C(C(=O)c3cc4cccc(OC)c4o3)C2c2cccc(O)c2)cc1. The number of ketones is 1. The number of aliphatic hydroxyl groups is 1. The molecular weight excluding hydrogens is 490 g/mol. The van der Waals surface area contributed by atoms with Gasteiger partial charge in [0.15, 0.2) is 22.9 Å². The van der Waals surface area contributed by atoms with Gasteiger partial charge in [0.1, 0.15) is 5.75 Å². The molecule has 1 unspecified atom stereocenters. The maximum atomic E-state index is 13.7. The molecule has 9 heteroatoms. The smallest absolute Gasteiger partial charge is 0.337 e. The number of phenols is 1. The Labute approximate surface area is 217 Å². The second-order valence-corrected chi connectivity index (χ2v) is 8.70. The van der Waals surface area contributed by atoms with Gasteiger partial charge < -0.3 is 29.0 Å². The number of carbonyl (C=O) groups excluding carboxylic acids is 3. The number of benzene rings is 3. The van der Waals surface area contributed by atoms with Gasteiger partial charge in [-0.1, -0.05) is 36.4 Å². The van der Waals surface area contributed by atoms with Crippen LogP contribution in [0.2, 0.25) is 0 Å². The van der Waals surface area contributed by atoms with Gasteiger partial charge >= 0.3 is 5.97 Å². The van der Waals surface area contributed by atoms with E-state index in [0.717, 1.165) is 0 Å². The van der Waals surface area contributed by atoms with E-state index < -0.39 is 29.5 Å². The van der Waals surface area contributed by atoms with Crippen LogP contribution in [0, 0.1) is 0 Å². The van der Waals surface area contributed by atoms with Crippen LogP contribution in [0.5, 0.6) is 11.5 Å². The van der Waals surface area contributed by atoms with E-state index in [4.69, 9.17) is 13.9 Å². The van der Waals surface area contributed by atoms with Crippen molar-refractivity contribution in [3.63, 3.8) is 0 Å². The first-order valence-electron chi connectivity index (χ1n) is 11.6. The number of phenolic OH excluding ortho intramolecular Hbond substituents is 1. The third-order valence-electron chi connectivity index (χ3n) is 6.41. The first-order chi connectivity index (χ1) is 18.3. The van der Waals surface area contributed by atoms with Crippen LogP contribution in [0.3, 0.4) is 0 Å². The van der Waals surface area contributed by atoms with Crippen LogP contribution in [0.1, 0.15) is 38.1 Å². The van der Waals surface area contributed by atoms with Crippen LogP contribution in [-0.2, 0) is 16.1 Å². The first kappa shape index (κ1) is 24.6. The van der Waals surface area contributed by atoms with Crippen molar-refractivity contribution in [2.24, 2.45) is 0 Å². The van der Waals surface area contributed by atoms with E-state index in [2.05, 4.69) is 0 Å². The zero-order valence-corrected chi connectivity index (χ0v) is 20.5. The van der Waals surface area contributed by atoms with E-state index in [1.54, 1.807) is 54.6 Å². The van der Waals surface area contributed by atoms with Gasteiger partial charge in [0.25, 0.3) is 5.91 Å². The van der Waals surface area contributed by atoms with Crippen LogP contribution >= 0.6 is 0 Å². The van der Waals surface area contributed by atoms with Crippen LogP contribution in [0.15, 0.2) is 88.5 Å². The molecule has 1 aliphatic rings. The van der Waals surface area contributed by atoms with Crippen molar-refractivity contribution < 1.29 is 38.5 Å². The number of ether oxygens (including phenoxy) is 2. The van der Waals surface area contributed by atoms with Crippen molar-refractivity contribution in [2.45, 2.75) is 12.6 Å². The fourth-order valence-corrected chi connectivity index (χ4v) is 4.59. The molecule has 0 saturated heterocycles. The normalized spacial score (nSPS) is 15.3. The standard InChI is InChI=1S/C29H23NO8/c1-36-21-8-4-6-19-14-22(38-27(19)21)25(32)23-24(18-5-3-7-20(31)13-18)30(28(34)26(23)33)15-16-9-11-17(12-10-16)29(35)37-2/h3-14,24,31,33H,15H2,1-2H3. The summed E-state index contributed by atoms with van der Waals surface area (Å²) in [6, 6.07) is 18.3. The van der Waals surface area contributed by atoms with E-state index in [-0.39, 0.29) is 23.6 Å². The number of esters is 1. The highest BCUT2D eigenvalue weighted by Gasteiger charge is 2.44. The lowest BCUT2D eigenvalue weighted by atomic mass is 9.94. The van der Waals surface area contributed by atoms with Crippen molar-refractivity contribution in [1.29, 1.82) is 0 Å². The minimum Gasteiger partial charge on any atom is -0.508 e. The number of carbonyl (C=O) groups is 3. The zero-order chi connectivity index (χ0) is 27.0. The largest absolute Gasteiger partial charge is 0.508 e. The number of hydrogen-bond donors (Lipinski definition) is 2. The summed E-state index contributed by atoms with van der Waals surface area (Å²) in [4.78, 5) is 40.2. The molecule has 9 nitrogen and oxygen atoms in total. The molecular formula is C29H23NO8. The number of para-hydroxylation sites is 1. The molecule has 2 N–H and O–H groups in total. The molecule has 1 atom stereocenters. The number of Topliss-reactive ketones (excluding diaryl/α,β-unsaturated/α-hetero) is 1. The van der Waals surface area contributed by atoms with Crippen molar-refractivity contribution in [1.82, 2.24) is 4.90 Å². The highest BCUT2D eigenvalue weighted by molar-refractivity contribution is 6.16. The number of furan rings is 1. The Bertz CT molecular complexity index is 1600. The van der Waals surface area contributed by atoms with Crippen LogP contribution in [0.25, 0.3) is 11.0 Å². The van der Waals surface area contributed by atoms with Gasteiger partial charge in [-0.25, -0.2) is 4.79 Å². The predicted molar refractivity (Wildman–Crippen MR) is 136 cm³/mol. The Kier molecular flexibility index (Phi) is 6.34. The third kappa shape index (κ3) is 4.24. The molecule has 0 spiro atoms. The van der Waals surface area contributed by atoms with Crippen LogP contribution < -0.4 is 4.74 Å². The van der Waals surface area contributed by atoms with E-state index >= 15 is 0 Å². The number of rotatable bonds is 7. The van der Waals surface area contributed by atoms with Crippen molar-refractivity contribution in [2.75, 3.05) is 14.2 Å². The van der Waals surface area contributed by atoms with Crippen LogP contribution in [-0.4, -0.2) is 47.0 Å². The van der Waals surface area contributed by atoms with Crippen molar-refractivity contribution >= 4 is 28.6 Å². The molecule has 4 aromatic rings. The van der Waals surface area contributed by atoms with E-state index in [9.17, 15) is 24.6 Å². The molecule has 2 heterocycles. The van der Waals surface area contributed by atoms with Gasteiger partial charge in [0.2, 0.25) is 5.78 Å². The monoisotopic (exact) mass is 513 g/mol. The molecule has 1 aliphatic heterocycles. The number of hydrogen-bond acceptors (Lipinski definition) is 8.